The first kappa shape index (κ1) is 13.7. The molecule has 2 rings (SSSR count). The Labute approximate surface area is 121 Å². The van der Waals surface area contributed by atoms with Crippen LogP contribution in [0.2, 0.25) is 0 Å². The second-order valence-electron chi connectivity index (χ2n) is 4.07. The Morgan fingerprint density at radius 3 is 2.63 bits per heavy atom. The Hall–Kier alpha value is -1.69. The molecule has 0 saturated heterocycles. The predicted octanol–water partition coefficient (Wildman–Crippen LogP) is 2.99. The molecule has 0 bridgehead atoms. The maximum absolute atomic E-state index is 4.24. The number of nitrogens with zero attached hydrogens (tertiary/aromatic N) is 3. The second-order valence-corrected chi connectivity index (χ2v) is 4.86. The van der Waals surface area contributed by atoms with Gasteiger partial charge in [0.1, 0.15) is 22.4 Å². The van der Waals surface area contributed by atoms with Crippen molar-refractivity contribution in [2.75, 3.05) is 17.2 Å². The number of hydrogen-bond donors (Lipinski definition) is 2. The topological polar surface area (TPSA) is 62.7 Å². The van der Waals surface area contributed by atoms with Crippen molar-refractivity contribution in [3.63, 3.8) is 0 Å². The smallest absolute Gasteiger partial charge is 0.146 e. The number of halogens is 1. The van der Waals surface area contributed by atoms with Crippen LogP contribution in [0.5, 0.6) is 0 Å². The molecule has 0 aromatic carbocycles. The van der Waals surface area contributed by atoms with Gasteiger partial charge in [0.15, 0.2) is 0 Å². The van der Waals surface area contributed by atoms with Crippen LogP contribution < -0.4 is 10.6 Å². The number of rotatable bonds is 5. The molecule has 2 aromatic rings. The SMILES string of the molecule is CCNc1ncnc(NCc2ccncc2C)c1Br. The molecular formula is C13H16BrN5. The highest BCUT2D eigenvalue weighted by atomic mass is 79.9. The summed E-state index contributed by atoms with van der Waals surface area (Å²) in [7, 11) is 0. The second kappa shape index (κ2) is 6.47. The number of hydrogen-bond acceptors (Lipinski definition) is 5. The quantitative estimate of drug-likeness (QED) is 0.886. The van der Waals surface area contributed by atoms with E-state index >= 15 is 0 Å². The van der Waals surface area contributed by atoms with E-state index in [-0.39, 0.29) is 0 Å². The summed E-state index contributed by atoms with van der Waals surface area (Å²) in [5, 5.41) is 6.48. The molecule has 0 aliphatic carbocycles. The van der Waals surface area contributed by atoms with Gasteiger partial charge in [-0.2, -0.15) is 0 Å². The van der Waals surface area contributed by atoms with E-state index in [0.29, 0.717) is 6.54 Å². The van der Waals surface area contributed by atoms with E-state index in [1.807, 2.05) is 26.1 Å². The maximum Gasteiger partial charge on any atom is 0.146 e. The van der Waals surface area contributed by atoms with E-state index in [1.54, 1.807) is 12.5 Å². The van der Waals surface area contributed by atoms with Gasteiger partial charge in [0.05, 0.1) is 0 Å². The van der Waals surface area contributed by atoms with Crippen molar-refractivity contribution in [2.24, 2.45) is 0 Å². The summed E-state index contributed by atoms with van der Waals surface area (Å²) in [6, 6.07) is 2.00. The van der Waals surface area contributed by atoms with Gasteiger partial charge >= 0.3 is 0 Å². The average Bonchev–Trinajstić information content (AvgIpc) is 2.42. The first-order valence-electron chi connectivity index (χ1n) is 6.10. The predicted molar refractivity (Wildman–Crippen MR) is 80.2 cm³/mol. The molecule has 100 valence electrons. The van der Waals surface area contributed by atoms with Crippen LogP contribution in [0.4, 0.5) is 11.6 Å². The molecule has 5 nitrogen and oxygen atoms in total. The largest absolute Gasteiger partial charge is 0.369 e. The number of aryl methyl sites for hydroxylation is 1. The zero-order valence-corrected chi connectivity index (χ0v) is 12.5. The molecular weight excluding hydrogens is 306 g/mol. The minimum Gasteiger partial charge on any atom is -0.369 e. The summed E-state index contributed by atoms with van der Waals surface area (Å²) < 4.78 is 0.851. The van der Waals surface area contributed by atoms with E-state index in [2.05, 4.69) is 41.5 Å². The van der Waals surface area contributed by atoms with E-state index in [0.717, 1.165) is 28.2 Å². The Bertz CT molecular complexity index is 558. The van der Waals surface area contributed by atoms with Gasteiger partial charge in [-0.15, -0.1) is 0 Å². The van der Waals surface area contributed by atoms with Crippen molar-refractivity contribution >= 4 is 27.6 Å². The molecule has 0 unspecified atom stereocenters. The Morgan fingerprint density at radius 2 is 1.95 bits per heavy atom. The zero-order valence-electron chi connectivity index (χ0n) is 10.9. The molecule has 0 aliphatic heterocycles. The average molecular weight is 322 g/mol. The standard InChI is InChI=1S/C13H16BrN5/c1-3-16-12-11(14)13(19-8-18-12)17-7-10-4-5-15-6-9(10)2/h4-6,8H,3,7H2,1-2H3,(H2,16,17,18,19). The molecule has 0 spiro atoms. The summed E-state index contributed by atoms with van der Waals surface area (Å²) in [6.45, 7) is 5.60. The molecule has 0 atom stereocenters. The lowest BCUT2D eigenvalue weighted by atomic mass is 10.1. The summed E-state index contributed by atoms with van der Waals surface area (Å²) in [5.74, 6) is 1.58. The zero-order chi connectivity index (χ0) is 13.7. The molecule has 0 fully saturated rings. The monoisotopic (exact) mass is 321 g/mol. The Balaban J connectivity index is 2.12. The van der Waals surface area contributed by atoms with Crippen LogP contribution in [0.3, 0.4) is 0 Å². The van der Waals surface area contributed by atoms with E-state index in [9.17, 15) is 0 Å². The molecule has 6 heteroatoms. The fraction of sp³-hybridized carbons (Fsp3) is 0.308. The minimum absolute atomic E-state index is 0.704. The van der Waals surface area contributed by atoms with Crippen LogP contribution in [0.15, 0.2) is 29.3 Å². The Kier molecular flexibility index (Phi) is 4.68. The molecule has 0 radical (unpaired) electrons. The van der Waals surface area contributed by atoms with Crippen molar-refractivity contribution in [3.05, 3.63) is 40.4 Å². The summed E-state index contributed by atoms with van der Waals surface area (Å²) >= 11 is 3.51. The fourth-order valence-corrected chi connectivity index (χ4v) is 2.15. The number of pyridine rings is 1. The molecule has 0 amide bonds. The van der Waals surface area contributed by atoms with Crippen molar-refractivity contribution in [1.82, 2.24) is 15.0 Å². The first-order chi connectivity index (χ1) is 9.22. The highest BCUT2D eigenvalue weighted by Crippen LogP contribution is 2.26. The van der Waals surface area contributed by atoms with Gasteiger partial charge < -0.3 is 10.6 Å². The van der Waals surface area contributed by atoms with Crippen LogP contribution in [-0.4, -0.2) is 21.5 Å². The van der Waals surface area contributed by atoms with Gasteiger partial charge in [-0.25, -0.2) is 9.97 Å². The van der Waals surface area contributed by atoms with Gasteiger partial charge in [-0.3, -0.25) is 4.98 Å². The highest BCUT2D eigenvalue weighted by Gasteiger charge is 2.08. The number of anilines is 2. The Morgan fingerprint density at radius 1 is 1.21 bits per heavy atom. The van der Waals surface area contributed by atoms with Crippen LogP contribution in [0, 0.1) is 6.92 Å². The number of nitrogens with one attached hydrogen (secondary N) is 2. The van der Waals surface area contributed by atoms with Gasteiger partial charge in [-0.1, -0.05) is 0 Å². The lowest BCUT2D eigenvalue weighted by Crippen LogP contribution is -2.07. The van der Waals surface area contributed by atoms with Crippen LogP contribution in [0.1, 0.15) is 18.1 Å². The fourth-order valence-electron chi connectivity index (χ4n) is 1.66. The van der Waals surface area contributed by atoms with Crippen molar-refractivity contribution in [3.8, 4) is 0 Å². The van der Waals surface area contributed by atoms with Gasteiger partial charge in [0, 0.05) is 25.5 Å². The summed E-state index contributed by atoms with van der Waals surface area (Å²) in [4.78, 5) is 12.5. The molecule has 2 aromatic heterocycles. The number of aromatic nitrogens is 3. The third kappa shape index (κ3) is 3.41. The van der Waals surface area contributed by atoms with Gasteiger partial charge in [0.25, 0.3) is 0 Å². The van der Waals surface area contributed by atoms with Crippen LogP contribution in [0.25, 0.3) is 0 Å². The van der Waals surface area contributed by atoms with Gasteiger partial charge in [0.2, 0.25) is 0 Å². The van der Waals surface area contributed by atoms with Crippen LogP contribution >= 0.6 is 15.9 Å². The molecule has 0 saturated carbocycles. The van der Waals surface area contributed by atoms with E-state index in [1.165, 1.54) is 5.56 Å². The molecule has 19 heavy (non-hydrogen) atoms. The lowest BCUT2D eigenvalue weighted by molar-refractivity contribution is 1.04. The normalized spacial score (nSPS) is 10.3. The third-order valence-electron chi connectivity index (χ3n) is 2.72. The molecule has 0 aliphatic rings. The van der Waals surface area contributed by atoms with E-state index in [4.69, 9.17) is 0 Å². The van der Waals surface area contributed by atoms with Crippen molar-refractivity contribution < 1.29 is 0 Å². The maximum atomic E-state index is 4.24. The van der Waals surface area contributed by atoms with Crippen LogP contribution in [-0.2, 0) is 6.54 Å². The van der Waals surface area contributed by atoms with Crippen molar-refractivity contribution in [1.29, 1.82) is 0 Å². The third-order valence-corrected chi connectivity index (χ3v) is 3.47. The first-order valence-corrected chi connectivity index (χ1v) is 6.89. The van der Waals surface area contributed by atoms with Gasteiger partial charge in [-0.05, 0) is 47.0 Å². The summed E-state index contributed by atoms with van der Waals surface area (Å²) in [6.07, 6.45) is 5.20. The summed E-state index contributed by atoms with van der Waals surface area (Å²) in [5.41, 5.74) is 2.36. The molecule has 2 heterocycles. The highest BCUT2D eigenvalue weighted by molar-refractivity contribution is 9.10. The molecule has 2 N–H and O–H groups in total. The van der Waals surface area contributed by atoms with Crippen molar-refractivity contribution in [2.45, 2.75) is 20.4 Å². The minimum atomic E-state index is 0.704. The van der Waals surface area contributed by atoms with E-state index < -0.39 is 0 Å². The lowest BCUT2D eigenvalue weighted by Gasteiger charge is -2.11.